The van der Waals surface area contributed by atoms with E-state index in [-0.39, 0.29) is 23.4 Å². The Morgan fingerprint density at radius 3 is 2.65 bits per heavy atom. The van der Waals surface area contributed by atoms with E-state index < -0.39 is 10.0 Å². The number of sulfonamides is 1. The molecule has 0 fully saturated rings. The molecule has 1 unspecified atom stereocenters. The number of furan rings is 1. The zero-order valence-corrected chi connectivity index (χ0v) is 14.1. The highest BCUT2D eigenvalue weighted by Gasteiger charge is 2.22. The van der Waals surface area contributed by atoms with Gasteiger partial charge in [-0.05, 0) is 37.3 Å². The summed E-state index contributed by atoms with van der Waals surface area (Å²) in [5.74, 6) is 0.389. The number of benzene rings is 1. The lowest BCUT2D eigenvalue weighted by Gasteiger charge is -2.23. The van der Waals surface area contributed by atoms with Crippen molar-refractivity contribution in [3.05, 3.63) is 54.0 Å². The number of hydrogen-bond donors (Lipinski definition) is 1. The molecule has 1 heterocycles. The van der Waals surface area contributed by atoms with Crippen molar-refractivity contribution in [3.63, 3.8) is 0 Å². The van der Waals surface area contributed by atoms with Crippen LogP contribution in [0.25, 0.3) is 0 Å². The molecule has 1 aromatic carbocycles. The Labute approximate surface area is 136 Å². The molecule has 0 saturated carbocycles. The lowest BCUT2D eigenvalue weighted by molar-refractivity contribution is 0.0726. The summed E-state index contributed by atoms with van der Waals surface area (Å²) < 4.78 is 31.8. The van der Waals surface area contributed by atoms with Gasteiger partial charge in [-0.1, -0.05) is 13.0 Å². The van der Waals surface area contributed by atoms with Crippen molar-refractivity contribution >= 4 is 15.9 Å². The maximum absolute atomic E-state index is 12.6. The maximum Gasteiger partial charge on any atom is 0.254 e. The molecule has 0 spiro atoms. The molecule has 0 bridgehead atoms. The Morgan fingerprint density at radius 1 is 1.30 bits per heavy atom. The second-order valence-electron chi connectivity index (χ2n) is 5.14. The minimum atomic E-state index is -3.59. The molecule has 7 heteroatoms. The van der Waals surface area contributed by atoms with Crippen LogP contribution in [0.2, 0.25) is 0 Å². The van der Waals surface area contributed by atoms with Gasteiger partial charge in [0, 0.05) is 19.2 Å². The van der Waals surface area contributed by atoms with Crippen LogP contribution in [0.4, 0.5) is 0 Å². The van der Waals surface area contributed by atoms with E-state index >= 15 is 0 Å². The van der Waals surface area contributed by atoms with Crippen LogP contribution in [-0.2, 0) is 10.0 Å². The first-order chi connectivity index (χ1) is 10.9. The summed E-state index contributed by atoms with van der Waals surface area (Å²) in [7, 11) is -1.94. The molecule has 0 aliphatic carbocycles. The topological polar surface area (TPSA) is 79.6 Å². The number of nitrogens with one attached hydrogen (secondary N) is 1. The summed E-state index contributed by atoms with van der Waals surface area (Å²) in [5, 5.41) is 0. The van der Waals surface area contributed by atoms with Crippen LogP contribution >= 0.6 is 0 Å². The van der Waals surface area contributed by atoms with Gasteiger partial charge in [-0.3, -0.25) is 4.79 Å². The van der Waals surface area contributed by atoms with Crippen molar-refractivity contribution in [2.45, 2.75) is 24.8 Å². The summed E-state index contributed by atoms with van der Waals surface area (Å²) in [5.41, 5.74) is 0.310. The van der Waals surface area contributed by atoms with Crippen LogP contribution in [0.3, 0.4) is 0 Å². The van der Waals surface area contributed by atoms with Crippen LogP contribution in [0.5, 0.6) is 0 Å². The van der Waals surface area contributed by atoms with Crippen molar-refractivity contribution in [1.29, 1.82) is 0 Å². The Balaban J connectivity index is 2.26. The average Bonchev–Trinajstić information content (AvgIpc) is 3.07. The number of carbonyl (C=O) groups excluding carboxylic acids is 1. The third kappa shape index (κ3) is 3.80. The highest BCUT2D eigenvalue weighted by Crippen LogP contribution is 2.22. The maximum atomic E-state index is 12.6. The van der Waals surface area contributed by atoms with Gasteiger partial charge in [0.2, 0.25) is 10.0 Å². The predicted molar refractivity (Wildman–Crippen MR) is 86.5 cm³/mol. The summed E-state index contributed by atoms with van der Waals surface area (Å²) >= 11 is 0. The van der Waals surface area contributed by atoms with Crippen LogP contribution in [-0.4, -0.2) is 32.8 Å². The quantitative estimate of drug-likeness (QED) is 0.878. The van der Waals surface area contributed by atoms with Gasteiger partial charge in [-0.15, -0.1) is 0 Å². The zero-order chi connectivity index (χ0) is 17.0. The minimum Gasteiger partial charge on any atom is -0.467 e. The third-order valence-corrected chi connectivity index (χ3v) is 5.13. The molecule has 23 heavy (non-hydrogen) atoms. The molecular weight excluding hydrogens is 316 g/mol. The third-order valence-electron chi connectivity index (χ3n) is 3.58. The minimum absolute atomic E-state index is 0.0734. The molecule has 1 atom stereocenters. The fourth-order valence-electron chi connectivity index (χ4n) is 2.17. The first kappa shape index (κ1) is 17.2. The van der Waals surface area contributed by atoms with Crippen molar-refractivity contribution in [2.75, 3.05) is 13.6 Å². The smallest absolute Gasteiger partial charge is 0.254 e. The van der Waals surface area contributed by atoms with Crippen LogP contribution in [0.1, 0.15) is 36.0 Å². The molecule has 0 radical (unpaired) electrons. The van der Waals surface area contributed by atoms with Gasteiger partial charge in [-0.25, -0.2) is 13.1 Å². The molecule has 1 amide bonds. The number of nitrogens with zero attached hydrogens (tertiary/aromatic N) is 1. The van der Waals surface area contributed by atoms with Gasteiger partial charge in [0.1, 0.15) is 5.76 Å². The predicted octanol–water partition coefficient (Wildman–Crippen LogP) is 2.41. The summed E-state index contributed by atoms with van der Waals surface area (Å²) in [6, 6.07) is 9.29. The molecule has 124 valence electrons. The van der Waals surface area contributed by atoms with Crippen LogP contribution in [0, 0.1) is 0 Å². The molecule has 1 N–H and O–H groups in total. The van der Waals surface area contributed by atoms with Crippen molar-refractivity contribution < 1.29 is 17.6 Å². The monoisotopic (exact) mass is 336 g/mol. The highest BCUT2D eigenvalue weighted by atomic mass is 32.2. The Kier molecular flexibility index (Phi) is 5.23. The second kappa shape index (κ2) is 6.97. The Bertz CT molecular complexity index is 769. The molecule has 6 nitrogen and oxygen atoms in total. The SMILES string of the molecule is CCNS(=O)(=O)c1cccc(C(=O)N(C)C(C)c2ccco2)c1. The van der Waals surface area contributed by atoms with E-state index in [4.69, 9.17) is 4.42 Å². The van der Waals surface area contributed by atoms with E-state index in [0.29, 0.717) is 11.3 Å². The van der Waals surface area contributed by atoms with Gasteiger partial charge >= 0.3 is 0 Å². The summed E-state index contributed by atoms with van der Waals surface area (Å²) in [6.45, 7) is 3.83. The van der Waals surface area contributed by atoms with Gasteiger partial charge < -0.3 is 9.32 Å². The van der Waals surface area contributed by atoms with E-state index in [1.807, 2.05) is 6.92 Å². The van der Waals surface area contributed by atoms with E-state index in [9.17, 15) is 13.2 Å². The van der Waals surface area contributed by atoms with E-state index in [0.717, 1.165) is 0 Å². The molecule has 1 aromatic heterocycles. The van der Waals surface area contributed by atoms with E-state index in [2.05, 4.69) is 4.72 Å². The van der Waals surface area contributed by atoms with Gasteiger partial charge in [0.15, 0.2) is 0 Å². The molecule has 0 aliphatic rings. The van der Waals surface area contributed by atoms with E-state index in [1.165, 1.54) is 17.0 Å². The summed E-state index contributed by atoms with van der Waals surface area (Å²) in [6.07, 6.45) is 1.55. The van der Waals surface area contributed by atoms with Gasteiger partial charge in [0.05, 0.1) is 17.2 Å². The van der Waals surface area contributed by atoms with Gasteiger partial charge in [-0.2, -0.15) is 0 Å². The number of rotatable bonds is 6. The standard InChI is InChI=1S/C16H20N2O4S/c1-4-17-23(20,21)14-8-5-7-13(11-14)16(19)18(3)12(2)15-9-6-10-22-15/h5-12,17H,4H2,1-3H3. The van der Waals surface area contributed by atoms with Crippen molar-refractivity contribution in [1.82, 2.24) is 9.62 Å². The first-order valence-electron chi connectivity index (χ1n) is 7.27. The fourth-order valence-corrected chi connectivity index (χ4v) is 3.26. The number of hydrogen-bond acceptors (Lipinski definition) is 4. The first-order valence-corrected chi connectivity index (χ1v) is 8.75. The van der Waals surface area contributed by atoms with Gasteiger partial charge in [0.25, 0.3) is 5.91 Å². The normalized spacial score (nSPS) is 12.8. The molecular formula is C16H20N2O4S. The van der Waals surface area contributed by atoms with Crippen molar-refractivity contribution in [3.8, 4) is 0 Å². The van der Waals surface area contributed by atoms with Crippen molar-refractivity contribution in [2.24, 2.45) is 0 Å². The lowest BCUT2D eigenvalue weighted by atomic mass is 10.1. The second-order valence-corrected chi connectivity index (χ2v) is 6.90. The molecule has 0 saturated heterocycles. The largest absolute Gasteiger partial charge is 0.467 e. The van der Waals surface area contributed by atoms with Crippen LogP contribution < -0.4 is 4.72 Å². The highest BCUT2D eigenvalue weighted by molar-refractivity contribution is 7.89. The lowest BCUT2D eigenvalue weighted by Crippen LogP contribution is -2.30. The number of carbonyl (C=O) groups is 1. The summed E-state index contributed by atoms with van der Waals surface area (Å²) in [4.78, 5) is 14.2. The van der Waals surface area contributed by atoms with Crippen LogP contribution in [0.15, 0.2) is 52.0 Å². The molecule has 2 aromatic rings. The molecule has 0 aliphatic heterocycles. The zero-order valence-electron chi connectivity index (χ0n) is 13.3. The molecule has 2 rings (SSSR count). The number of amides is 1. The van der Waals surface area contributed by atoms with E-state index in [1.54, 1.807) is 44.5 Å². The average molecular weight is 336 g/mol. The Morgan fingerprint density at radius 2 is 2.04 bits per heavy atom. The fraction of sp³-hybridized carbons (Fsp3) is 0.312. The Hall–Kier alpha value is -2.12.